The molecule has 0 saturated carbocycles. The van der Waals surface area contributed by atoms with Crippen LogP contribution in [0.2, 0.25) is 0 Å². The molecular formula is C16H31NO4. The van der Waals surface area contributed by atoms with E-state index in [4.69, 9.17) is 9.47 Å². The van der Waals surface area contributed by atoms with Crippen LogP contribution in [0.25, 0.3) is 0 Å². The Morgan fingerprint density at radius 2 is 1.52 bits per heavy atom. The topological polar surface area (TPSA) is 64.6 Å². The number of hydrogen-bond donors (Lipinski definition) is 1. The molecule has 0 aliphatic carbocycles. The zero-order valence-electron chi connectivity index (χ0n) is 13.6. The molecule has 5 heteroatoms. The van der Waals surface area contributed by atoms with Crippen molar-refractivity contribution in [3.8, 4) is 0 Å². The lowest BCUT2D eigenvalue weighted by Crippen LogP contribution is -2.29. The molecule has 0 aromatic carbocycles. The number of ether oxygens (including phenoxy) is 2. The average molecular weight is 301 g/mol. The van der Waals surface area contributed by atoms with Gasteiger partial charge in [-0.05, 0) is 12.8 Å². The third-order valence-corrected chi connectivity index (χ3v) is 3.07. The first-order chi connectivity index (χ1) is 10.2. The number of carbonyl (C=O) groups excluding carboxylic acids is 2. The van der Waals surface area contributed by atoms with E-state index in [1.807, 2.05) is 0 Å². The lowest BCUT2D eigenvalue weighted by molar-refractivity contribution is -0.150. The van der Waals surface area contributed by atoms with Gasteiger partial charge in [0.15, 0.2) is 0 Å². The highest BCUT2D eigenvalue weighted by atomic mass is 16.6. The van der Waals surface area contributed by atoms with Crippen LogP contribution in [0.5, 0.6) is 0 Å². The van der Waals surface area contributed by atoms with Gasteiger partial charge >= 0.3 is 5.97 Å². The molecule has 124 valence electrons. The molecule has 0 saturated heterocycles. The fraction of sp³-hybridized carbons (Fsp3) is 0.875. The molecule has 0 fully saturated rings. The van der Waals surface area contributed by atoms with Gasteiger partial charge in [0.05, 0.1) is 6.61 Å². The first-order valence-electron chi connectivity index (χ1n) is 8.20. The molecule has 1 N–H and O–H groups in total. The van der Waals surface area contributed by atoms with E-state index in [1.54, 1.807) is 0 Å². The van der Waals surface area contributed by atoms with Crippen LogP contribution in [0, 0.1) is 0 Å². The van der Waals surface area contributed by atoms with Crippen LogP contribution in [0.1, 0.15) is 65.2 Å². The second-order valence-corrected chi connectivity index (χ2v) is 5.18. The summed E-state index contributed by atoms with van der Waals surface area (Å²) in [7, 11) is 0. The van der Waals surface area contributed by atoms with Gasteiger partial charge < -0.3 is 14.8 Å². The zero-order chi connectivity index (χ0) is 15.8. The predicted octanol–water partition coefficient (Wildman–Crippen LogP) is 2.82. The van der Waals surface area contributed by atoms with Gasteiger partial charge in [0.1, 0.15) is 13.2 Å². The minimum absolute atomic E-state index is 0.0846. The minimum Gasteiger partial charge on any atom is -0.464 e. The summed E-state index contributed by atoms with van der Waals surface area (Å²) in [6.45, 7) is 5.15. The first-order valence-corrected chi connectivity index (χ1v) is 8.20. The van der Waals surface area contributed by atoms with E-state index in [0.717, 1.165) is 38.5 Å². The Labute approximate surface area is 128 Å². The number of hydrogen-bond acceptors (Lipinski definition) is 4. The lowest BCUT2D eigenvalue weighted by Gasteiger charge is -2.07. The Kier molecular flexibility index (Phi) is 14.5. The third-order valence-electron chi connectivity index (χ3n) is 3.07. The van der Waals surface area contributed by atoms with Gasteiger partial charge in [-0.1, -0.05) is 52.4 Å². The number of unbranched alkanes of at least 4 members (excludes halogenated alkanes) is 6. The summed E-state index contributed by atoms with van der Waals surface area (Å²) in [6, 6.07) is 0. The Morgan fingerprint density at radius 3 is 2.19 bits per heavy atom. The summed E-state index contributed by atoms with van der Waals surface area (Å²) >= 11 is 0. The first kappa shape index (κ1) is 19.9. The summed E-state index contributed by atoms with van der Waals surface area (Å²) in [6.07, 6.45) is 8.76. The molecule has 0 aliphatic heterocycles. The molecule has 0 unspecified atom stereocenters. The molecule has 0 aromatic rings. The van der Waals surface area contributed by atoms with Crippen LogP contribution >= 0.6 is 0 Å². The second-order valence-electron chi connectivity index (χ2n) is 5.18. The average Bonchev–Trinajstić information content (AvgIpc) is 2.47. The van der Waals surface area contributed by atoms with Crippen molar-refractivity contribution in [3.63, 3.8) is 0 Å². The van der Waals surface area contributed by atoms with Gasteiger partial charge in [-0.3, -0.25) is 4.79 Å². The van der Waals surface area contributed by atoms with Crippen LogP contribution < -0.4 is 5.32 Å². The fourth-order valence-corrected chi connectivity index (χ4v) is 1.81. The number of rotatable bonds is 14. The lowest BCUT2D eigenvalue weighted by atomic mass is 10.2. The molecule has 0 rings (SSSR count). The molecule has 5 nitrogen and oxygen atoms in total. The Hall–Kier alpha value is -1.10. The normalized spacial score (nSPS) is 10.4. The molecule has 0 bridgehead atoms. The van der Waals surface area contributed by atoms with E-state index in [0.29, 0.717) is 13.2 Å². The number of esters is 1. The quantitative estimate of drug-likeness (QED) is 0.396. The summed E-state index contributed by atoms with van der Waals surface area (Å²) in [5.41, 5.74) is 0. The van der Waals surface area contributed by atoms with Gasteiger partial charge in [-0.2, -0.15) is 0 Å². The second kappa shape index (κ2) is 15.3. The molecular weight excluding hydrogens is 270 g/mol. The smallest absolute Gasteiger partial charge is 0.332 e. The van der Waals surface area contributed by atoms with Crippen LogP contribution in [0.15, 0.2) is 0 Å². The molecule has 0 aliphatic rings. The van der Waals surface area contributed by atoms with Crippen molar-refractivity contribution in [2.75, 3.05) is 26.4 Å². The van der Waals surface area contributed by atoms with Crippen molar-refractivity contribution in [1.29, 1.82) is 0 Å². The Balaban J connectivity index is 3.34. The van der Waals surface area contributed by atoms with Gasteiger partial charge in [0.2, 0.25) is 5.91 Å². The summed E-state index contributed by atoms with van der Waals surface area (Å²) in [5, 5.41) is 2.77. The summed E-state index contributed by atoms with van der Waals surface area (Å²) in [5.74, 6) is -0.579. The van der Waals surface area contributed by atoms with E-state index >= 15 is 0 Å². The minimum atomic E-state index is -0.401. The van der Waals surface area contributed by atoms with Crippen LogP contribution in [-0.4, -0.2) is 38.2 Å². The highest BCUT2D eigenvalue weighted by Gasteiger charge is 2.05. The SMILES string of the molecule is CCCCCCNC(=O)COCC(=O)OCCCCCC. The Bertz CT molecular complexity index is 243. The summed E-state index contributed by atoms with van der Waals surface area (Å²) in [4.78, 5) is 22.7. The molecule has 1 amide bonds. The molecule has 0 aromatic heterocycles. The highest BCUT2D eigenvalue weighted by Crippen LogP contribution is 1.99. The largest absolute Gasteiger partial charge is 0.464 e. The maximum Gasteiger partial charge on any atom is 0.332 e. The summed E-state index contributed by atoms with van der Waals surface area (Å²) < 4.78 is 10.0. The van der Waals surface area contributed by atoms with Gasteiger partial charge in [0.25, 0.3) is 0 Å². The van der Waals surface area contributed by atoms with E-state index in [9.17, 15) is 9.59 Å². The maximum absolute atomic E-state index is 11.4. The van der Waals surface area contributed by atoms with Crippen molar-refractivity contribution in [3.05, 3.63) is 0 Å². The van der Waals surface area contributed by atoms with Gasteiger partial charge in [-0.25, -0.2) is 4.79 Å². The fourth-order valence-electron chi connectivity index (χ4n) is 1.81. The Morgan fingerprint density at radius 1 is 0.857 bits per heavy atom. The van der Waals surface area contributed by atoms with Crippen molar-refractivity contribution >= 4 is 11.9 Å². The number of amides is 1. The van der Waals surface area contributed by atoms with Crippen LogP contribution in [0.4, 0.5) is 0 Å². The van der Waals surface area contributed by atoms with Crippen LogP contribution in [-0.2, 0) is 19.1 Å². The van der Waals surface area contributed by atoms with Crippen molar-refractivity contribution in [2.24, 2.45) is 0 Å². The van der Waals surface area contributed by atoms with E-state index < -0.39 is 5.97 Å². The standard InChI is InChI=1S/C16H31NO4/c1-3-5-7-9-11-17-15(18)13-20-14-16(19)21-12-10-8-6-4-2/h3-14H2,1-2H3,(H,17,18). The van der Waals surface area contributed by atoms with Crippen molar-refractivity contribution in [1.82, 2.24) is 5.32 Å². The van der Waals surface area contributed by atoms with E-state index in [2.05, 4.69) is 19.2 Å². The zero-order valence-corrected chi connectivity index (χ0v) is 13.6. The van der Waals surface area contributed by atoms with Crippen LogP contribution in [0.3, 0.4) is 0 Å². The van der Waals surface area contributed by atoms with Gasteiger partial charge in [-0.15, -0.1) is 0 Å². The van der Waals surface area contributed by atoms with Crippen molar-refractivity contribution < 1.29 is 19.1 Å². The molecule has 0 heterocycles. The maximum atomic E-state index is 11.4. The monoisotopic (exact) mass is 301 g/mol. The molecule has 0 radical (unpaired) electrons. The molecule has 21 heavy (non-hydrogen) atoms. The molecule has 0 spiro atoms. The van der Waals surface area contributed by atoms with E-state index in [1.165, 1.54) is 12.8 Å². The molecule has 0 atom stereocenters. The van der Waals surface area contributed by atoms with E-state index in [-0.39, 0.29) is 19.1 Å². The van der Waals surface area contributed by atoms with Crippen molar-refractivity contribution in [2.45, 2.75) is 65.2 Å². The third kappa shape index (κ3) is 15.1. The van der Waals surface area contributed by atoms with Gasteiger partial charge in [0, 0.05) is 6.54 Å². The highest BCUT2D eigenvalue weighted by molar-refractivity contribution is 5.77. The predicted molar refractivity (Wildman–Crippen MR) is 83.1 cm³/mol. The number of nitrogens with one attached hydrogen (secondary N) is 1. The number of carbonyl (C=O) groups is 2.